The van der Waals surface area contributed by atoms with Crippen LogP contribution in [-0.4, -0.2) is 56.6 Å². The van der Waals surface area contributed by atoms with Crippen molar-refractivity contribution in [1.29, 1.82) is 0 Å². The molecule has 3 heterocycles. The molecule has 202 valence electrons. The number of rotatable bonds is 7. The van der Waals surface area contributed by atoms with E-state index in [1.54, 1.807) is 50.7 Å². The van der Waals surface area contributed by atoms with Crippen molar-refractivity contribution in [3.8, 4) is 40.5 Å². The van der Waals surface area contributed by atoms with Gasteiger partial charge in [0.25, 0.3) is 0 Å². The standard InChI is InChI=1S/C30H29N7O3/c1-30(2,11-9-28-31-12-10-29(35-28)40-6)37(22-13-23(38-4)16-24(14-22)39-5)21-7-8-25-26(15-21)34-27(18-32-25)20-17-33-36(3)19-20/h7-8,10,12-19H,1-6H3. The van der Waals surface area contributed by atoms with Gasteiger partial charge in [-0.3, -0.25) is 9.67 Å². The third-order valence-corrected chi connectivity index (χ3v) is 6.26. The molecule has 0 aliphatic carbocycles. The number of nitrogens with zero attached hydrogens (tertiary/aromatic N) is 7. The fourth-order valence-electron chi connectivity index (χ4n) is 4.33. The van der Waals surface area contributed by atoms with Gasteiger partial charge in [0, 0.05) is 60.6 Å². The van der Waals surface area contributed by atoms with Crippen LogP contribution in [0.1, 0.15) is 19.7 Å². The van der Waals surface area contributed by atoms with Crippen molar-refractivity contribution in [1.82, 2.24) is 29.7 Å². The van der Waals surface area contributed by atoms with Gasteiger partial charge in [-0.25, -0.2) is 9.97 Å². The SMILES string of the molecule is COc1cc(OC)cc(N(c2ccc3ncc(-c4cnn(C)c4)nc3c2)C(C)(C)C#Cc2nccc(OC)n2)c1. The maximum absolute atomic E-state index is 5.58. The average Bonchev–Trinajstić information content (AvgIpc) is 3.41. The van der Waals surface area contributed by atoms with E-state index in [1.807, 2.05) is 63.5 Å². The van der Waals surface area contributed by atoms with Crippen molar-refractivity contribution >= 4 is 22.4 Å². The molecule has 2 aromatic carbocycles. The average molecular weight is 536 g/mol. The Bertz CT molecular complexity index is 1710. The Morgan fingerprint density at radius 3 is 2.27 bits per heavy atom. The number of fused-ring (bicyclic) bond motifs is 1. The third-order valence-electron chi connectivity index (χ3n) is 6.26. The van der Waals surface area contributed by atoms with Gasteiger partial charge in [-0.2, -0.15) is 10.1 Å². The van der Waals surface area contributed by atoms with Crippen LogP contribution in [-0.2, 0) is 7.05 Å². The quantitative estimate of drug-likeness (QED) is 0.272. The summed E-state index contributed by atoms with van der Waals surface area (Å²) in [6.45, 7) is 4.04. The highest BCUT2D eigenvalue weighted by Crippen LogP contribution is 2.38. The molecule has 0 spiro atoms. The molecule has 0 amide bonds. The zero-order valence-electron chi connectivity index (χ0n) is 23.2. The molecule has 0 aliphatic heterocycles. The van der Waals surface area contributed by atoms with Crippen LogP contribution in [0.15, 0.2) is 67.3 Å². The first-order chi connectivity index (χ1) is 19.3. The van der Waals surface area contributed by atoms with Crippen molar-refractivity contribution < 1.29 is 14.2 Å². The molecule has 0 fully saturated rings. The minimum Gasteiger partial charge on any atom is -0.497 e. The highest BCUT2D eigenvalue weighted by Gasteiger charge is 2.28. The monoisotopic (exact) mass is 535 g/mol. The number of aryl methyl sites for hydroxylation is 1. The summed E-state index contributed by atoms with van der Waals surface area (Å²) in [5.74, 6) is 8.58. The molecule has 3 aromatic heterocycles. The number of hydrogen-bond donors (Lipinski definition) is 0. The van der Waals surface area contributed by atoms with Gasteiger partial charge in [-0.1, -0.05) is 5.92 Å². The summed E-state index contributed by atoms with van der Waals surface area (Å²) < 4.78 is 18.1. The van der Waals surface area contributed by atoms with Gasteiger partial charge in [0.1, 0.15) is 17.0 Å². The summed E-state index contributed by atoms with van der Waals surface area (Å²) in [5, 5.41) is 4.26. The van der Waals surface area contributed by atoms with Crippen molar-refractivity contribution in [3.05, 3.63) is 73.1 Å². The molecular formula is C30H29N7O3. The van der Waals surface area contributed by atoms with Crippen LogP contribution in [0, 0.1) is 11.8 Å². The van der Waals surface area contributed by atoms with Crippen LogP contribution in [0.25, 0.3) is 22.3 Å². The predicted octanol–water partition coefficient (Wildman–Crippen LogP) is 4.81. The van der Waals surface area contributed by atoms with Gasteiger partial charge in [-0.05, 0) is 38.0 Å². The second-order valence-corrected chi connectivity index (χ2v) is 9.47. The molecule has 5 rings (SSSR count). The van der Waals surface area contributed by atoms with E-state index >= 15 is 0 Å². The maximum Gasteiger partial charge on any atom is 0.217 e. The zero-order valence-corrected chi connectivity index (χ0v) is 23.2. The Labute approximate surface area is 232 Å². The molecule has 5 aromatic rings. The fraction of sp³-hybridized carbons (Fsp3) is 0.233. The molecule has 0 bridgehead atoms. The highest BCUT2D eigenvalue weighted by atomic mass is 16.5. The molecule has 0 saturated heterocycles. The van der Waals surface area contributed by atoms with Gasteiger partial charge in [0.15, 0.2) is 0 Å². The third kappa shape index (κ3) is 5.49. The Balaban J connectivity index is 1.66. The van der Waals surface area contributed by atoms with Gasteiger partial charge in [0.05, 0.1) is 50.5 Å². The Kier molecular flexibility index (Phi) is 7.21. The summed E-state index contributed by atoms with van der Waals surface area (Å²) >= 11 is 0. The minimum absolute atomic E-state index is 0.362. The summed E-state index contributed by atoms with van der Waals surface area (Å²) in [5.41, 5.74) is 4.06. The van der Waals surface area contributed by atoms with Crippen LogP contribution in [0.4, 0.5) is 11.4 Å². The Morgan fingerprint density at radius 2 is 1.60 bits per heavy atom. The molecule has 0 N–H and O–H groups in total. The Morgan fingerprint density at radius 1 is 0.825 bits per heavy atom. The molecular weight excluding hydrogens is 506 g/mol. The predicted molar refractivity (Wildman–Crippen MR) is 153 cm³/mol. The second-order valence-electron chi connectivity index (χ2n) is 9.47. The fourth-order valence-corrected chi connectivity index (χ4v) is 4.33. The van der Waals surface area contributed by atoms with Crippen molar-refractivity contribution in [3.63, 3.8) is 0 Å². The summed E-state index contributed by atoms with van der Waals surface area (Å²) in [6.07, 6.45) is 7.06. The second kappa shape index (κ2) is 10.9. The number of benzene rings is 2. The number of methoxy groups -OCH3 is 3. The van der Waals surface area contributed by atoms with Gasteiger partial charge < -0.3 is 19.1 Å². The van der Waals surface area contributed by atoms with E-state index in [2.05, 4.69) is 36.8 Å². The molecule has 0 unspecified atom stereocenters. The molecule has 0 saturated carbocycles. The maximum atomic E-state index is 5.58. The molecule has 0 radical (unpaired) electrons. The van der Waals surface area contributed by atoms with Crippen LogP contribution in [0.3, 0.4) is 0 Å². The lowest BCUT2D eigenvalue weighted by atomic mass is 10.00. The van der Waals surface area contributed by atoms with E-state index in [1.165, 1.54) is 0 Å². The number of hydrogen-bond acceptors (Lipinski definition) is 9. The topological polar surface area (TPSA) is 100 Å². The lowest BCUT2D eigenvalue weighted by Crippen LogP contribution is -2.39. The van der Waals surface area contributed by atoms with E-state index in [0.29, 0.717) is 23.2 Å². The number of aromatic nitrogens is 6. The molecule has 40 heavy (non-hydrogen) atoms. The van der Waals surface area contributed by atoms with Gasteiger partial charge >= 0.3 is 0 Å². The lowest BCUT2D eigenvalue weighted by molar-refractivity contribution is 0.394. The first kappa shape index (κ1) is 26.4. The zero-order chi connectivity index (χ0) is 28.3. The van der Waals surface area contributed by atoms with Crippen molar-refractivity contribution in [2.75, 3.05) is 26.2 Å². The smallest absolute Gasteiger partial charge is 0.217 e. The van der Waals surface area contributed by atoms with Gasteiger partial charge in [-0.15, -0.1) is 0 Å². The molecule has 10 heteroatoms. The first-order valence-electron chi connectivity index (χ1n) is 12.5. The normalized spacial score (nSPS) is 11.1. The van der Waals surface area contributed by atoms with E-state index in [-0.39, 0.29) is 0 Å². The number of ether oxygens (including phenoxy) is 3. The first-order valence-corrected chi connectivity index (χ1v) is 12.5. The largest absolute Gasteiger partial charge is 0.497 e. The minimum atomic E-state index is -0.744. The van der Waals surface area contributed by atoms with E-state index in [9.17, 15) is 0 Å². The summed E-state index contributed by atoms with van der Waals surface area (Å²) in [4.78, 5) is 20.3. The van der Waals surface area contributed by atoms with Crippen LogP contribution < -0.4 is 19.1 Å². The van der Waals surface area contributed by atoms with E-state index < -0.39 is 5.54 Å². The molecule has 0 atom stereocenters. The van der Waals surface area contributed by atoms with E-state index in [4.69, 9.17) is 19.2 Å². The van der Waals surface area contributed by atoms with Crippen molar-refractivity contribution in [2.45, 2.75) is 19.4 Å². The van der Waals surface area contributed by atoms with Crippen molar-refractivity contribution in [2.24, 2.45) is 7.05 Å². The van der Waals surface area contributed by atoms with Crippen LogP contribution in [0.5, 0.6) is 17.4 Å². The Hall–Kier alpha value is -5.17. The summed E-state index contributed by atoms with van der Waals surface area (Å²) in [7, 11) is 6.68. The number of anilines is 2. The highest BCUT2D eigenvalue weighted by molar-refractivity contribution is 5.83. The summed E-state index contributed by atoms with van der Waals surface area (Å²) in [6, 6.07) is 13.3. The van der Waals surface area contributed by atoms with Crippen LogP contribution >= 0.6 is 0 Å². The lowest BCUT2D eigenvalue weighted by Gasteiger charge is -2.37. The van der Waals surface area contributed by atoms with E-state index in [0.717, 1.165) is 33.7 Å². The molecule has 0 aliphatic rings. The van der Waals surface area contributed by atoms with Gasteiger partial charge in [0.2, 0.25) is 11.7 Å². The molecule has 10 nitrogen and oxygen atoms in total. The van der Waals surface area contributed by atoms with Crippen LogP contribution in [0.2, 0.25) is 0 Å².